The topological polar surface area (TPSA) is 111 Å². The summed E-state index contributed by atoms with van der Waals surface area (Å²) < 4.78 is 10.3. The Hall–Kier alpha value is -3.79. The van der Waals surface area contributed by atoms with Gasteiger partial charge in [-0.05, 0) is 30.3 Å². The number of carbonyl (C=O) groups is 2. The molecule has 2 aromatic carbocycles. The second kappa shape index (κ2) is 8.35. The Morgan fingerprint density at radius 2 is 1.88 bits per heavy atom. The van der Waals surface area contributed by atoms with Crippen molar-refractivity contribution < 1.29 is 24.2 Å². The predicted molar refractivity (Wildman–Crippen MR) is 92.5 cm³/mol. The maximum Gasteiger partial charge on any atom is 0.266 e. The highest BCUT2D eigenvalue weighted by molar-refractivity contribution is 6.11. The van der Waals surface area contributed by atoms with Gasteiger partial charge in [-0.25, -0.2) is 0 Å². The van der Waals surface area contributed by atoms with Crippen molar-refractivity contribution in [3.63, 3.8) is 0 Å². The van der Waals surface area contributed by atoms with Crippen LogP contribution in [0.25, 0.3) is 6.08 Å². The van der Waals surface area contributed by atoms with Crippen LogP contribution in [0.1, 0.15) is 15.9 Å². The van der Waals surface area contributed by atoms with Gasteiger partial charge in [-0.15, -0.1) is 0 Å². The standard InChI is InChI=1S/C19H16N2O5/c1-25-14-7-8-17(26-2)12(10-14)9-13(11-20)18(22)21-16-6-4-3-5-15(16)19(23)24/h3-10H,1-2H3,(H,21,22)(H,23,24)/p-1/b13-9+. The van der Waals surface area contributed by atoms with Crippen molar-refractivity contribution in [2.75, 3.05) is 19.5 Å². The molecule has 0 atom stereocenters. The lowest BCUT2D eigenvalue weighted by Gasteiger charge is -2.11. The molecule has 0 fully saturated rings. The number of rotatable bonds is 6. The van der Waals surface area contributed by atoms with Gasteiger partial charge in [0.25, 0.3) is 5.91 Å². The molecule has 2 rings (SSSR count). The monoisotopic (exact) mass is 351 g/mol. The fourth-order valence-corrected chi connectivity index (χ4v) is 2.22. The first kappa shape index (κ1) is 18.5. The molecule has 0 aliphatic rings. The first-order valence-corrected chi connectivity index (χ1v) is 7.45. The van der Waals surface area contributed by atoms with Gasteiger partial charge in [0, 0.05) is 11.1 Å². The van der Waals surface area contributed by atoms with E-state index in [-0.39, 0.29) is 16.8 Å². The van der Waals surface area contributed by atoms with Gasteiger partial charge in [0.05, 0.1) is 25.9 Å². The van der Waals surface area contributed by atoms with E-state index in [0.29, 0.717) is 17.1 Å². The van der Waals surface area contributed by atoms with Gasteiger partial charge in [-0.3, -0.25) is 4.79 Å². The fourth-order valence-electron chi connectivity index (χ4n) is 2.22. The van der Waals surface area contributed by atoms with Crippen LogP contribution in [0, 0.1) is 11.3 Å². The first-order chi connectivity index (χ1) is 12.5. The molecule has 0 heterocycles. The van der Waals surface area contributed by atoms with Crippen LogP contribution in [0.5, 0.6) is 11.5 Å². The van der Waals surface area contributed by atoms with Crippen LogP contribution >= 0.6 is 0 Å². The van der Waals surface area contributed by atoms with Crippen molar-refractivity contribution in [3.8, 4) is 17.6 Å². The second-order valence-electron chi connectivity index (χ2n) is 5.06. The van der Waals surface area contributed by atoms with Crippen molar-refractivity contribution in [1.82, 2.24) is 0 Å². The zero-order valence-corrected chi connectivity index (χ0v) is 14.1. The Morgan fingerprint density at radius 1 is 1.15 bits per heavy atom. The average molecular weight is 351 g/mol. The molecule has 0 unspecified atom stereocenters. The number of para-hydroxylation sites is 1. The number of aromatic carboxylic acids is 1. The molecule has 0 spiro atoms. The van der Waals surface area contributed by atoms with E-state index >= 15 is 0 Å². The minimum absolute atomic E-state index is 0.0382. The molecule has 1 N–H and O–H groups in total. The second-order valence-corrected chi connectivity index (χ2v) is 5.06. The number of hydrogen-bond donors (Lipinski definition) is 1. The molecule has 7 heteroatoms. The molecular formula is C19H15N2O5-. The number of carbonyl (C=O) groups excluding carboxylic acids is 2. The summed E-state index contributed by atoms with van der Waals surface area (Å²) in [5.74, 6) is -1.22. The van der Waals surface area contributed by atoms with E-state index in [1.165, 1.54) is 38.5 Å². The lowest BCUT2D eigenvalue weighted by atomic mass is 10.1. The van der Waals surface area contributed by atoms with Crippen LogP contribution in [-0.2, 0) is 4.79 Å². The number of ether oxygens (including phenoxy) is 2. The zero-order chi connectivity index (χ0) is 19.1. The molecule has 0 bridgehead atoms. The van der Waals surface area contributed by atoms with E-state index in [1.807, 2.05) is 0 Å². The number of nitrogens with zero attached hydrogens (tertiary/aromatic N) is 1. The molecule has 0 saturated carbocycles. The molecule has 7 nitrogen and oxygen atoms in total. The predicted octanol–water partition coefficient (Wildman–Crippen LogP) is 1.61. The highest BCUT2D eigenvalue weighted by Crippen LogP contribution is 2.26. The summed E-state index contributed by atoms with van der Waals surface area (Å²) in [7, 11) is 2.95. The third-order valence-electron chi connectivity index (χ3n) is 3.50. The highest BCUT2D eigenvalue weighted by Gasteiger charge is 2.14. The van der Waals surface area contributed by atoms with Crippen LogP contribution in [0.3, 0.4) is 0 Å². The molecule has 0 aliphatic heterocycles. The Balaban J connectivity index is 2.37. The molecule has 132 valence electrons. The summed E-state index contributed by atoms with van der Waals surface area (Å²) in [6.07, 6.45) is 1.33. The average Bonchev–Trinajstić information content (AvgIpc) is 2.65. The van der Waals surface area contributed by atoms with Crippen LogP contribution in [-0.4, -0.2) is 26.1 Å². The summed E-state index contributed by atoms with van der Waals surface area (Å²) in [6, 6.07) is 12.5. The van der Waals surface area contributed by atoms with Crippen LogP contribution in [0.15, 0.2) is 48.0 Å². The van der Waals surface area contributed by atoms with Gasteiger partial charge >= 0.3 is 0 Å². The van der Waals surface area contributed by atoms with Crippen molar-refractivity contribution in [1.29, 1.82) is 5.26 Å². The third-order valence-corrected chi connectivity index (χ3v) is 3.50. The molecule has 0 saturated heterocycles. The Labute approximate surface area is 150 Å². The van der Waals surface area contributed by atoms with Crippen molar-refractivity contribution in [2.45, 2.75) is 0 Å². The van der Waals surface area contributed by atoms with E-state index in [2.05, 4.69) is 5.32 Å². The number of amides is 1. The summed E-state index contributed by atoms with van der Waals surface area (Å²) in [6.45, 7) is 0. The maximum absolute atomic E-state index is 12.4. The number of benzene rings is 2. The number of carboxylic acid groups (broad SMARTS) is 1. The minimum atomic E-state index is -1.43. The van der Waals surface area contributed by atoms with Gasteiger partial charge < -0.3 is 24.7 Å². The molecular weight excluding hydrogens is 336 g/mol. The number of carboxylic acids is 1. The van der Waals surface area contributed by atoms with Crippen LogP contribution in [0.4, 0.5) is 5.69 Å². The third kappa shape index (κ3) is 4.19. The van der Waals surface area contributed by atoms with E-state index in [4.69, 9.17) is 9.47 Å². The summed E-state index contributed by atoms with van der Waals surface area (Å²) in [5.41, 5.74) is 0.0878. The molecule has 0 radical (unpaired) electrons. The van der Waals surface area contributed by atoms with Crippen LogP contribution < -0.4 is 19.9 Å². The summed E-state index contributed by atoms with van der Waals surface area (Å²) in [4.78, 5) is 23.5. The van der Waals surface area contributed by atoms with Gasteiger partial charge in [0.15, 0.2) is 0 Å². The van der Waals surface area contributed by atoms with E-state index in [9.17, 15) is 20.0 Å². The number of anilines is 1. The smallest absolute Gasteiger partial charge is 0.266 e. The number of nitrogens with one attached hydrogen (secondary N) is 1. The van der Waals surface area contributed by atoms with E-state index in [1.54, 1.807) is 30.3 Å². The van der Waals surface area contributed by atoms with Crippen molar-refractivity contribution in [2.24, 2.45) is 0 Å². The Kier molecular flexibility index (Phi) is 5.96. The lowest BCUT2D eigenvalue weighted by Crippen LogP contribution is -2.25. The SMILES string of the molecule is COc1ccc(OC)c(/C=C(\C#N)C(=O)Nc2ccccc2C(=O)[O-])c1. The van der Waals surface area contributed by atoms with Gasteiger partial charge in [0.1, 0.15) is 23.1 Å². The zero-order valence-electron chi connectivity index (χ0n) is 14.1. The molecule has 0 aromatic heterocycles. The Morgan fingerprint density at radius 3 is 2.50 bits per heavy atom. The fraction of sp³-hybridized carbons (Fsp3) is 0.105. The van der Waals surface area contributed by atoms with Crippen LogP contribution in [0.2, 0.25) is 0 Å². The first-order valence-electron chi connectivity index (χ1n) is 7.45. The normalized spacial score (nSPS) is 10.6. The molecule has 0 aliphatic carbocycles. The van der Waals surface area contributed by atoms with Crippen molar-refractivity contribution >= 4 is 23.6 Å². The molecule has 1 amide bonds. The summed E-state index contributed by atoms with van der Waals surface area (Å²) in [5, 5.41) is 22.8. The molecule has 26 heavy (non-hydrogen) atoms. The largest absolute Gasteiger partial charge is 0.545 e. The number of nitriles is 1. The quantitative estimate of drug-likeness (QED) is 0.625. The summed E-state index contributed by atoms with van der Waals surface area (Å²) >= 11 is 0. The highest BCUT2D eigenvalue weighted by atomic mass is 16.5. The van der Waals surface area contributed by atoms with Gasteiger partial charge in [0.2, 0.25) is 0 Å². The number of hydrogen-bond acceptors (Lipinski definition) is 6. The van der Waals surface area contributed by atoms with Gasteiger partial charge in [-0.2, -0.15) is 5.26 Å². The van der Waals surface area contributed by atoms with E-state index < -0.39 is 11.9 Å². The Bertz CT molecular complexity index is 912. The van der Waals surface area contributed by atoms with E-state index in [0.717, 1.165) is 0 Å². The van der Waals surface area contributed by atoms with Crippen molar-refractivity contribution in [3.05, 3.63) is 59.2 Å². The maximum atomic E-state index is 12.4. The van der Waals surface area contributed by atoms with Gasteiger partial charge in [-0.1, -0.05) is 18.2 Å². The lowest BCUT2D eigenvalue weighted by molar-refractivity contribution is -0.254. The molecule has 2 aromatic rings. The number of methoxy groups -OCH3 is 2. The minimum Gasteiger partial charge on any atom is -0.545 e.